The molecule has 1 aliphatic rings. The Balaban J connectivity index is 2.35. The molecule has 1 fully saturated rings. The van der Waals surface area contributed by atoms with Gasteiger partial charge in [-0.15, -0.1) is 0 Å². The van der Waals surface area contributed by atoms with Crippen molar-refractivity contribution in [1.29, 1.82) is 5.26 Å². The SMILES string of the molecule is CN(CCC#N)C(=O)CCN(CC(F)(F)F)C1CC1. The Morgan fingerprint density at radius 3 is 2.47 bits per heavy atom. The van der Waals surface area contributed by atoms with Crippen LogP contribution in [0.25, 0.3) is 0 Å². The molecular weight excluding hydrogens is 259 g/mol. The summed E-state index contributed by atoms with van der Waals surface area (Å²) in [6.45, 7) is -0.509. The molecule has 0 bridgehead atoms. The van der Waals surface area contributed by atoms with Crippen LogP contribution in [0.3, 0.4) is 0 Å². The maximum absolute atomic E-state index is 12.4. The van der Waals surface area contributed by atoms with E-state index in [1.807, 2.05) is 6.07 Å². The molecular formula is C12H18F3N3O. The summed E-state index contributed by atoms with van der Waals surface area (Å²) in [6.07, 6.45) is -2.38. The lowest BCUT2D eigenvalue weighted by atomic mass is 10.3. The number of hydrogen-bond donors (Lipinski definition) is 0. The highest BCUT2D eigenvalue weighted by Crippen LogP contribution is 2.30. The summed E-state index contributed by atoms with van der Waals surface area (Å²) in [4.78, 5) is 14.4. The first-order chi connectivity index (χ1) is 8.83. The summed E-state index contributed by atoms with van der Waals surface area (Å²) in [5, 5.41) is 8.40. The molecule has 0 atom stereocenters. The average molecular weight is 277 g/mol. The molecule has 0 unspecified atom stereocenters. The lowest BCUT2D eigenvalue weighted by molar-refractivity contribution is -0.149. The van der Waals surface area contributed by atoms with Crippen molar-refractivity contribution in [3.05, 3.63) is 0 Å². The van der Waals surface area contributed by atoms with Gasteiger partial charge >= 0.3 is 6.18 Å². The van der Waals surface area contributed by atoms with E-state index in [4.69, 9.17) is 5.26 Å². The van der Waals surface area contributed by atoms with Crippen LogP contribution in [-0.2, 0) is 4.79 Å². The highest BCUT2D eigenvalue weighted by Gasteiger charge is 2.37. The molecule has 0 aromatic carbocycles. The molecule has 0 aromatic rings. The molecule has 0 saturated heterocycles. The second kappa shape index (κ2) is 6.75. The van der Waals surface area contributed by atoms with Gasteiger partial charge in [-0.3, -0.25) is 9.69 Å². The van der Waals surface area contributed by atoms with E-state index in [-0.39, 0.29) is 31.3 Å². The highest BCUT2D eigenvalue weighted by atomic mass is 19.4. The van der Waals surface area contributed by atoms with E-state index in [9.17, 15) is 18.0 Å². The van der Waals surface area contributed by atoms with E-state index in [0.717, 1.165) is 12.8 Å². The normalized spacial score (nSPS) is 15.4. The Morgan fingerprint density at radius 2 is 2.00 bits per heavy atom. The molecule has 0 radical (unpaired) electrons. The summed E-state index contributed by atoms with van der Waals surface area (Å²) in [6, 6.07) is 1.90. The van der Waals surface area contributed by atoms with Gasteiger partial charge < -0.3 is 4.90 Å². The lowest BCUT2D eigenvalue weighted by Crippen LogP contribution is -2.39. The van der Waals surface area contributed by atoms with Crippen LogP contribution >= 0.6 is 0 Å². The predicted molar refractivity (Wildman–Crippen MR) is 63.1 cm³/mol. The number of rotatable bonds is 7. The van der Waals surface area contributed by atoms with Crippen LogP contribution in [0.4, 0.5) is 13.2 Å². The number of halogens is 3. The van der Waals surface area contributed by atoms with Crippen molar-refractivity contribution >= 4 is 5.91 Å². The van der Waals surface area contributed by atoms with Gasteiger partial charge in [0.25, 0.3) is 0 Å². The van der Waals surface area contributed by atoms with Gasteiger partial charge in [-0.25, -0.2) is 0 Å². The van der Waals surface area contributed by atoms with Crippen LogP contribution in [0.5, 0.6) is 0 Å². The largest absolute Gasteiger partial charge is 0.401 e. The van der Waals surface area contributed by atoms with Crippen LogP contribution in [0, 0.1) is 11.3 Å². The minimum absolute atomic E-state index is 0.0289. The van der Waals surface area contributed by atoms with E-state index < -0.39 is 12.7 Å². The van der Waals surface area contributed by atoms with Gasteiger partial charge in [-0.05, 0) is 12.8 Å². The molecule has 108 valence electrons. The minimum atomic E-state index is -4.22. The Kier molecular flexibility index (Phi) is 5.60. The Hall–Kier alpha value is -1.29. The fourth-order valence-corrected chi connectivity index (χ4v) is 1.83. The van der Waals surface area contributed by atoms with Crippen molar-refractivity contribution in [2.24, 2.45) is 0 Å². The number of carbonyl (C=O) groups excluding carboxylic acids is 1. The predicted octanol–water partition coefficient (Wildman–Crippen LogP) is 1.78. The second-order valence-corrected chi connectivity index (χ2v) is 4.79. The van der Waals surface area contributed by atoms with Crippen LogP contribution in [0.15, 0.2) is 0 Å². The number of hydrogen-bond acceptors (Lipinski definition) is 3. The third kappa shape index (κ3) is 6.43. The average Bonchev–Trinajstić information content (AvgIpc) is 3.13. The lowest BCUT2D eigenvalue weighted by Gasteiger charge is -2.24. The first-order valence-electron chi connectivity index (χ1n) is 6.25. The molecule has 1 rings (SSSR count). The molecule has 1 amide bonds. The van der Waals surface area contributed by atoms with Gasteiger partial charge in [0.15, 0.2) is 0 Å². The number of carbonyl (C=O) groups is 1. The zero-order chi connectivity index (χ0) is 14.5. The van der Waals surface area contributed by atoms with Crippen molar-refractivity contribution in [2.75, 3.05) is 26.7 Å². The molecule has 0 aliphatic heterocycles. The van der Waals surface area contributed by atoms with Gasteiger partial charge in [0.1, 0.15) is 0 Å². The van der Waals surface area contributed by atoms with Gasteiger partial charge in [0.2, 0.25) is 5.91 Å². The third-order valence-electron chi connectivity index (χ3n) is 3.04. The first-order valence-corrected chi connectivity index (χ1v) is 6.25. The topological polar surface area (TPSA) is 47.3 Å². The zero-order valence-corrected chi connectivity index (χ0v) is 10.9. The molecule has 19 heavy (non-hydrogen) atoms. The van der Waals surface area contributed by atoms with E-state index in [0.29, 0.717) is 6.54 Å². The molecule has 7 heteroatoms. The standard InChI is InChI=1S/C12H18F3N3O/c1-17(7-2-6-16)11(19)5-8-18(10-3-4-10)9-12(13,14)15/h10H,2-5,7-9H2,1H3. The Labute approximate surface area is 110 Å². The monoisotopic (exact) mass is 277 g/mol. The Morgan fingerprint density at radius 1 is 1.37 bits per heavy atom. The van der Waals surface area contributed by atoms with Crippen LogP contribution in [0.2, 0.25) is 0 Å². The fraction of sp³-hybridized carbons (Fsp3) is 0.833. The van der Waals surface area contributed by atoms with E-state index in [1.165, 1.54) is 9.80 Å². The van der Waals surface area contributed by atoms with E-state index in [2.05, 4.69) is 0 Å². The fourth-order valence-electron chi connectivity index (χ4n) is 1.83. The van der Waals surface area contributed by atoms with Crippen molar-refractivity contribution in [1.82, 2.24) is 9.80 Å². The zero-order valence-electron chi connectivity index (χ0n) is 10.9. The van der Waals surface area contributed by atoms with Crippen molar-refractivity contribution in [3.63, 3.8) is 0 Å². The quantitative estimate of drug-likeness (QED) is 0.712. The molecule has 4 nitrogen and oxygen atoms in total. The Bertz CT molecular complexity index is 347. The first kappa shape index (κ1) is 15.8. The van der Waals surface area contributed by atoms with Crippen LogP contribution in [-0.4, -0.2) is 54.6 Å². The maximum atomic E-state index is 12.4. The van der Waals surface area contributed by atoms with E-state index in [1.54, 1.807) is 7.05 Å². The van der Waals surface area contributed by atoms with Crippen molar-refractivity contribution in [2.45, 2.75) is 37.9 Å². The minimum Gasteiger partial charge on any atom is -0.345 e. The van der Waals surface area contributed by atoms with Gasteiger partial charge in [-0.2, -0.15) is 18.4 Å². The number of nitrogens with zero attached hydrogens (tertiary/aromatic N) is 3. The van der Waals surface area contributed by atoms with Crippen LogP contribution < -0.4 is 0 Å². The molecule has 1 saturated carbocycles. The maximum Gasteiger partial charge on any atom is 0.401 e. The summed E-state index contributed by atoms with van der Waals surface area (Å²) >= 11 is 0. The van der Waals surface area contributed by atoms with Gasteiger partial charge in [-0.1, -0.05) is 0 Å². The number of nitriles is 1. The van der Waals surface area contributed by atoms with Gasteiger partial charge in [0, 0.05) is 32.6 Å². The third-order valence-corrected chi connectivity index (χ3v) is 3.04. The number of amides is 1. The summed E-state index contributed by atoms with van der Waals surface area (Å²) in [5.41, 5.74) is 0. The van der Waals surface area contributed by atoms with E-state index >= 15 is 0 Å². The smallest absolute Gasteiger partial charge is 0.345 e. The summed E-state index contributed by atoms with van der Waals surface area (Å²) in [7, 11) is 1.56. The van der Waals surface area contributed by atoms with Crippen molar-refractivity contribution in [3.8, 4) is 6.07 Å². The van der Waals surface area contributed by atoms with Gasteiger partial charge in [0.05, 0.1) is 19.0 Å². The summed E-state index contributed by atoms with van der Waals surface area (Å²) in [5.74, 6) is -0.219. The molecule has 0 spiro atoms. The molecule has 1 aliphatic carbocycles. The highest BCUT2D eigenvalue weighted by molar-refractivity contribution is 5.76. The molecule has 0 aromatic heterocycles. The van der Waals surface area contributed by atoms with Crippen LogP contribution in [0.1, 0.15) is 25.7 Å². The molecule has 0 heterocycles. The summed E-state index contributed by atoms with van der Waals surface area (Å²) < 4.78 is 37.1. The van der Waals surface area contributed by atoms with Crippen molar-refractivity contribution < 1.29 is 18.0 Å². The molecule has 0 N–H and O–H groups in total. The second-order valence-electron chi connectivity index (χ2n) is 4.79. The number of alkyl halides is 3.